The molecule has 3 heterocycles. The quantitative estimate of drug-likeness (QED) is 0.337. The van der Waals surface area contributed by atoms with Crippen molar-refractivity contribution in [1.29, 1.82) is 0 Å². The fraction of sp³-hybridized carbons (Fsp3) is 0.321. The van der Waals surface area contributed by atoms with Gasteiger partial charge in [0.1, 0.15) is 0 Å². The second kappa shape index (κ2) is 10.6. The van der Waals surface area contributed by atoms with Gasteiger partial charge in [-0.05, 0) is 37.1 Å². The number of ether oxygens (including phenoxy) is 1. The van der Waals surface area contributed by atoms with Crippen LogP contribution in [0.15, 0.2) is 59.4 Å². The van der Waals surface area contributed by atoms with Crippen molar-refractivity contribution in [3.05, 3.63) is 82.1 Å². The molecule has 11 heteroatoms. The molecule has 0 amide bonds. The van der Waals surface area contributed by atoms with Gasteiger partial charge in [-0.2, -0.15) is 13.2 Å². The van der Waals surface area contributed by atoms with E-state index in [2.05, 4.69) is 15.3 Å². The maximum atomic E-state index is 13.6. The molecule has 1 aliphatic rings. The van der Waals surface area contributed by atoms with E-state index in [0.717, 1.165) is 25.1 Å². The fourth-order valence-electron chi connectivity index (χ4n) is 4.64. The lowest BCUT2D eigenvalue weighted by atomic mass is 9.98. The zero-order valence-corrected chi connectivity index (χ0v) is 21.1. The molecule has 0 saturated carbocycles. The molecule has 8 nitrogen and oxygen atoms in total. The topological polar surface area (TPSA) is 85.2 Å². The lowest BCUT2D eigenvalue weighted by Gasteiger charge is -2.17. The van der Waals surface area contributed by atoms with Gasteiger partial charge in [0.2, 0.25) is 5.65 Å². The maximum absolute atomic E-state index is 13.6. The smallest absolute Gasteiger partial charge is 0.416 e. The highest BCUT2D eigenvalue weighted by Crippen LogP contribution is 2.37. The van der Waals surface area contributed by atoms with Crippen LogP contribution in [0.5, 0.6) is 5.75 Å². The van der Waals surface area contributed by atoms with E-state index < -0.39 is 24.5 Å². The Labute approximate surface area is 222 Å². The first kappa shape index (κ1) is 26.5. The van der Waals surface area contributed by atoms with E-state index in [-0.39, 0.29) is 17.3 Å². The summed E-state index contributed by atoms with van der Waals surface area (Å²) in [5, 5.41) is 17.2. The predicted octanol–water partition coefficient (Wildman–Crippen LogP) is 4.60. The van der Waals surface area contributed by atoms with Gasteiger partial charge in [-0.15, -0.1) is 5.10 Å². The Balaban J connectivity index is 1.76. The standard InChI is InChI=1S/C28H26F3N5O3/c1-17-3-5-20(6-4-17)25-22(19-7-9-21(32-2)10-8-19)13-23(39-16-18-11-12-33-14-18)26-34-35(27(38)36(25)26)15-24(37)28(29,30)31/h3-10,13,18,24,33,37H,11-12,14-16H2,1H3/t18-,24?/m1/s1. The monoisotopic (exact) mass is 537 g/mol. The molecule has 0 aliphatic carbocycles. The van der Waals surface area contributed by atoms with E-state index in [1.54, 1.807) is 30.3 Å². The lowest BCUT2D eigenvalue weighted by Crippen LogP contribution is -2.36. The Morgan fingerprint density at radius 2 is 1.87 bits per heavy atom. The van der Waals surface area contributed by atoms with Gasteiger partial charge < -0.3 is 15.2 Å². The van der Waals surface area contributed by atoms with Crippen molar-refractivity contribution < 1.29 is 23.0 Å². The molecule has 2 aromatic heterocycles. The minimum atomic E-state index is -4.92. The van der Waals surface area contributed by atoms with Crippen LogP contribution in [-0.4, -0.2) is 51.3 Å². The highest BCUT2D eigenvalue weighted by molar-refractivity contribution is 5.85. The molecule has 1 aliphatic heterocycles. The van der Waals surface area contributed by atoms with Gasteiger partial charge in [-0.3, -0.25) is 0 Å². The summed E-state index contributed by atoms with van der Waals surface area (Å²) >= 11 is 0. The third kappa shape index (κ3) is 5.39. The van der Waals surface area contributed by atoms with Crippen LogP contribution in [-0.2, 0) is 6.54 Å². The molecule has 2 N–H and O–H groups in total. The van der Waals surface area contributed by atoms with Crippen LogP contribution >= 0.6 is 0 Å². The summed E-state index contributed by atoms with van der Waals surface area (Å²) < 4.78 is 47.5. The average molecular weight is 538 g/mol. The van der Waals surface area contributed by atoms with Gasteiger partial charge in [0.05, 0.1) is 25.4 Å². The summed E-state index contributed by atoms with van der Waals surface area (Å²) in [6.07, 6.45) is -6.78. The van der Waals surface area contributed by atoms with Crippen molar-refractivity contribution in [2.45, 2.75) is 32.2 Å². The second-order valence-electron chi connectivity index (χ2n) is 9.65. The number of fused-ring (bicyclic) bond motifs is 1. The van der Waals surface area contributed by atoms with E-state index in [1.807, 2.05) is 31.2 Å². The lowest BCUT2D eigenvalue weighted by molar-refractivity contribution is -0.208. The molecular formula is C28H26F3N5O3. The Hall–Kier alpha value is -4.14. The molecule has 1 unspecified atom stereocenters. The highest BCUT2D eigenvalue weighted by Gasteiger charge is 2.39. The number of halogens is 3. The number of nitrogens with one attached hydrogen (secondary N) is 1. The molecule has 2 aromatic carbocycles. The third-order valence-corrected chi connectivity index (χ3v) is 6.81. The minimum Gasteiger partial charge on any atom is -0.489 e. The van der Waals surface area contributed by atoms with Gasteiger partial charge in [-0.1, -0.05) is 54.1 Å². The van der Waals surface area contributed by atoms with Crippen molar-refractivity contribution in [1.82, 2.24) is 19.5 Å². The van der Waals surface area contributed by atoms with Gasteiger partial charge >= 0.3 is 11.9 Å². The van der Waals surface area contributed by atoms with Crippen molar-refractivity contribution in [2.75, 3.05) is 19.7 Å². The van der Waals surface area contributed by atoms with Crippen LogP contribution in [0.1, 0.15) is 12.0 Å². The van der Waals surface area contributed by atoms with Crippen molar-refractivity contribution >= 4 is 11.3 Å². The van der Waals surface area contributed by atoms with Crippen LogP contribution in [0, 0.1) is 19.4 Å². The number of aliphatic hydroxyl groups is 1. The number of pyridine rings is 1. The largest absolute Gasteiger partial charge is 0.489 e. The SMILES string of the molecule is [C-]#[N+]c1ccc(-c2cc(OC[C@@H]3CCNC3)c3nn(CC(O)C(F)(F)F)c(=O)n3c2-c2ccc(C)cc2)cc1. The number of aryl methyl sites for hydroxylation is 1. The summed E-state index contributed by atoms with van der Waals surface area (Å²) in [4.78, 5) is 17.1. The molecule has 0 spiro atoms. The summed E-state index contributed by atoms with van der Waals surface area (Å²) in [6.45, 7) is 10.1. The van der Waals surface area contributed by atoms with Gasteiger partial charge in [0.25, 0.3) is 0 Å². The molecule has 39 heavy (non-hydrogen) atoms. The van der Waals surface area contributed by atoms with E-state index >= 15 is 0 Å². The van der Waals surface area contributed by atoms with E-state index in [9.17, 15) is 23.1 Å². The summed E-state index contributed by atoms with van der Waals surface area (Å²) in [7, 11) is 0. The van der Waals surface area contributed by atoms with Crippen LogP contribution in [0.4, 0.5) is 18.9 Å². The summed E-state index contributed by atoms with van der Waals surface area (Å²) in [5.41, 5.74) is 2.95. The zero-order chi connectivity index (χ0) is 27.7. The number of aliphatic hydroxyl groups excluding tert-OH is 1. The average Bonchev–Trinajstić information content (AvgIpc) is 3.55. The molecule has 5 rings (SSSR count). The third-order valence-electron chi connectivity index (χ3n) is 6.81. The predicted molar refractivity (Wildman–Crippen MR) is 140 cm³/mol. The number of aromatic nitrogens is 3. The number of rotatable bonds is 7. The van der Waals surface area contributed by atoms with Crippen molar-refractivity contribution in [2.24, 2.45) is 5.92 Å². The summed E-state index contributed by atoms with van der Waals surface area (Å²) in [6, 6.07) is 15.9. The summed E-state index contributed by atoms with van der Waals surface area (Å²) in [5.74, 6) is 0.462. The molecule has 0 radical (unpaired) electrons. The van der Waals surface area contributed by atoms with Gasteiger partial charge in [0, 0.05) is 18.0 Å². The number of alkyl halides is 3. The van der Waals surface area contributed by atoms with E-state index in [0.29, 0.717) is 39.4 Å². The number of hydrogen-bond acceptors (Lipinski definition) is 5. The molecule has 0 bridgehead atoms. The number of nitrogens with zero attached hydrogens (tertiary/aromatic N) is 4. The zero-order valence-electron chi connectivity index (χ0n) is 21.1. The number of benzene rings is 2. The normalized spacial score (nSPS) is 16.4. The highest BCUT2D eigenvalue weighted by atomic mass is 19.4. The van der Waals surface area contributed by atoms with E-state index in [4.69, 9.17) is 11.3 Å². The molecular weight excluding hydrogens is 511 g/mol. The van der Waals surface area contributed by atoms with E-state index in [1.165, 1.54) is 4.40 Å². The number of hydrogen-bond donors (Lipinski definition) is 2. The first-order valence-corrected chi connectivity index (χ1v) is 12.5. The Morgan fingerprint density at radius 3 is 2.49 bits per heavy atom. The fourth-order valence-corrected chi connectivity index (χ4v) is 4.64. The second-order valence-corrected chi connectivity index (χ2v) is 9.65. The van der Waals surface area contributed by atoms with Crippen LogP contribution in [0.3, 0.4) is 0 Å². The first-order chi connectivity index (χ1) is 18.7. The Morgan fingerprint density at radius 1 is 1.18 bits per heavy atom. The maximum Gasteiger partial charge on any atom is 0.416 e. The van der Waals surface area contributed by atoms with Crippen molar-refractivity contribution in [3.8, 4) is 28.1 Å². The Bertz CT molecular complexity index is 1580. The van der Waals surface area contributed by atoms with Gasteiger partial charge in [0.15, 0.2) is 17.5 Å². The van der Waals surface area contributed by atoms with Crippen LogP contribution < -0.4 is 15.7 Å². The molecule has 4 aromatic rings. The molecule has 1 saturated heterocycles. The Kier molecular flexibility index (Phi) is 7.16. The molecule has 202 valence electrons. The van der Waals surface area contributed by atoms with Crippen LogP contribution in [0.25, 0.3) is 32.9 Å². The van der Waals surface area contributed by atoms with Gasteiger partial charge in [-0.25, -0.2) is 18.7 Å². The van der Waals surface area contributed by atoms with Crippen LogP contribution in [0.2, 0.25) is 0 Å². The van der Waals surface area contributed by atoms with Crippen molar-refractivity contribution in [3.63, 3.8) is 0 Å². The molecule has 1 fully saturated rings. The minimum absolute atomic E-state index is 0.0532. The first-order valence-electron chi connectivity index (χ1n) is 12.5. The molecule has 2 atom stereocenters.